The zero-order valence-electron chi connectivity index (χ0n) is 10.7. The first-order valence-electron chi connectivity index (χ1n) is 7.19. The molecule has 0 saturated heterocycles. The van der Waals surface area contributed by atoms with E-state index in [9.17, 15) is 0 Å². The van der Waals surface area contributed by atoms with Gasteiger partial charge in [-0.15, -0.1) is 0 Å². The van der Waals surface area contributed by atoms with Crippen LogP contribution in [-0.4, -0.2) is 25.3 Å². The number of nitrogens with one attached hydrogen (secondary N) is 1. The Morgan fingerprint density at radius 2 is 1.69 bits per heavy atom. The lowest BCUT2D eigenvalue weighted by atomic mass is 9.87. The Hall–Kier alpha value is -0.0800. The molecular formula is C14H27NO. The molecule has 2 rings (SSSR count). The van der Waals surface area contributed by atoms with Gasteiger partial charge in [0.15, 0.2) is 0 Å². The van der Waals surface area contributed by atoms with Crippen LogP contribution >= 0.6 is 0 Å². The molecule has 0 radical (unpaired) electrons. The smallest absolute Gasteiger partial charge is 0.0594 e. The summed E-state index contributed by atoms with van der Waals surface area (Å²) in [7, 11) is 0. The molecule has 0 spiro atoms. The van der Waals surface area contributed by atoms with E-state index in [0.29, 0.717) is 6.10 Å². The molecule has 0 atom stereocenters. The average molecular weight is 225 g/mol. The third kappa shape index (κ3) is 4.06. The van der Waals surface area contributed by atoms with Crippen LogP contribution in [0.25, 0.3) is 0 Å². The fourth-order valence-corrected chi connectivity index (χ4v) is 3.01. The molecule has 2 aliphatic carbocycles. The van der Waals surface area contributed by atoms with Crippen molar-refractivity contribution in [3.05, 3.63) is 0 Å². The number of hydrogen-bond donors (Lipinski definition) is 1. The molecule has 0 heterocycles. The molecule has 0 aromatic rings. The van der Waals surface area contributed by atoms with Crippen LogP contribution in [0.5, 0.6) is 0 Å². The minimum absolute atomic E-state index is 0.577. The summed E-state index contributed by atoms with van der Waals surface area (Å²) in [5.74, 6) is 0.952. The lowest BCUT2D eigenvalue weighted by molar-refractivity contribution is 0.0582. The van der Waals surface area contributed by atoms with Crippen molar-refractivity contribution in [3.8, 4) is 0 Å². The zero-order chi connectivity index (χ0) is 11.2. The zero-order valence-corrected chi connectivity index (χ0v) is 10.7. The third-order valence-electron chi connectivity index (χ3n) is 4.21. The lowest BCUT2D eigenvalue weighted by Crippen LogP contribution is -2.35. The van der Waals surface area contributed by atoms with Crippen molar-refractivity contribution in [2.75, 3.05) is 13.2 Å². The van der Waals surface area contributed by atoms with Crippen molar-refractivity contribution in [2.24, 2.45) is 5.92 Å². The second-order valence-corrected chi connectivity index (χ2v) is 5.69. The minimum Gasteiger partial charge on any atom is -0.377 e. The van der Waals surface area contributed by atoms with Crippen LogP contribution in [0.3, 0.4) is 0 Å². The van der Waals surface area contributed by atoms with Gasteiger partial charge in [0, 0.05) is 12.6 Å². The van der Waals surface area contributed by atoms with Crippen molar-refractivity contribution in [3.63, 3.8) is 0 Å². The molecule has 2 saturated carbocycles. The Morgan fingerprint density at radius 3 is 2.38 bits per heavy atom. The summed E-state index contributed by atoms with van der Waals surface area (Å²) >= 11 is 0. The molecule has 2 nitrogen and oxygen atoms in total. The number of rotatable bonds is 5. The summed E-state index contributed by atoms with van der Waals surface area (Å²) in [4.78, 5) is 0. The predicted molar refractivity (Wildman–Crippen MR) is 67.6 cm³/mol. The standard InChI is InChI=1S/C14H27NO/c1-12-6-8-13(9-7-12)15-10-11-16-14-4-2-3-5-14/h12-15H,2-11H2,1H3. The molecule has 2 aliphatic rings. The summed E-state index contributed by atoms with van der Waals surface area (Å²) in [6, 6.07) is 0.767. The molecule has 0 aromatic heterocycles. The van der Waals surface area contributed by atoms with Crippen molar-refractivity contribution in [2.45, 2.75) is 70.4 Å². The molecular weight excluding hydrogens is 198 g/mol. The van der Waals surface area contributed by atoms with E-state index in [0.717, 1.165) is 25.1 Å². The molecule has 1 N–H and O–H groups in total. The molecule has 0 aliphatic heterocycles. The van der Waals surface area contributed by atoms with Gasteiger partial charge >= 0.3 is 0 Å². The quantitative estimate of drug-likeness (QED) is 0.726. The van der Waals surface area contributed by atoms with Crippen molar-refractivity contribution in [1.29, 1.82) is 0 Å². The fraction of sp³-hybridized carbons (Fsp3) is 1.00. The molecule has 0 bridgehead atoms. The van der Waals surface area contributed by atoms with Crippen molar-refractivity contribution < 1.29 is 4.74 Å². The monoisotopic (exact) mass is 225 g/mol. The van der Waals surface area contributed by atoms with E-state index in [4.69, 9.17) is 4.74 Å². The Labute approximate surface area is 100 Å². The highest BCUT2D eigenvalue weighted by Crippen LogP contribution is 2.23. The van der Waals surface area contributed by atoms with Gasteiger partial charge in [0.2, 0.25) is 0 Å². The maximum absolute atomic E-state index is 5.85. The summed E-state index contributed by atoms with van der Waals surface area (Å²) in [5, 5.41) is 3.64. The second-order valence-electron chi connectivity index (χ2n) is 5.69. The van der Waals surface area contributed by atoms with Crippen LogP contribution in [0.15, 0.2) is 0 Å². The first kappa shape index (κ1) is 12.4. The Morgan fingerprint density at radius 1 is 1.00 bits per heavy atom. The lowest BCUT2D eigenvalue weighted by Gasteiger charge is -2.27. The molecule has 94 valence electrons. The first-order chi connectivity index (χ1) is 7.84. The Bertz CT molecular complexity index is 181. The normalized spacial score (nSPS) is 32.1. The fourth-order valence-electron chi connectivity index (χ4n) is 3.01. The third-order valence-corrected chi connectivity index (χ3v) is 4.21. The summed E-state index contributed by atoms with van der Waals surface area (Å²) in [5.41, 5.74) is 0. The summed E-state index contributed by atoms with van der Waals surface area (Å²) < 4.78 is 5.85. The van der Waals surface area contributed by atoms with Gasteiger partial charge in [-0.3, -0.25) is 0 Å². The van der Waals surface area contributed by atoms with E-state index in [1.807, 2.05) is 0 Å². The maximum atomic E-state index is 5.85. The van der Waals surface area contributed by atoms with Crippen LogP contribution in [0.4, 0.5) is 0 Å². The molecule has 0 unspecified atom stereocenters. The van der Waals surface area contributed by atoms with Gasteiger partial charge in [0.25, 0.3) is 0 Å². The topological polar surface area (TPSA) is 21.3 Å². The van der Waals surface area contributed by atoms with E-state index in [-0.39, 0.29) is 0 Å². The van der Waals surface area contributed by atoms with Crippen LogP contribution in [-0.2, 0) is 4.74 Å². The highest BCUT2D eigenvalue weighted by molar-refractivity contribution is 4.75. The largest absolute Gasteiger partial charge is 0.377 e. The molecule has 2 heteroatoms. The Balaban J connectivity index is 1.48. The van der Waals surface area contributed by atoms with Crippen molar-refractivity contribution >= 4 is 0 Å². The summed E-state index contributed by atoms with van der Waals surface area (Å²) in [6.45, 7) is 4.34. The second kappa shape index (κ2) is 6.61. The minimum atomic E-state index is 0.577. The van der Waals surface area contributed by atoms with Gasteiger partial charge < -0.3 is 10.1 Å². The molecule has 0 amide bonds. The van der Waals surface area contributed by atoms with Crippen LogP contribution < -0.4 is 5.32 Å². The van der Waals surface area contributed by atoms with E-state index in [1.165, 1.54) is 51.4 Å². The van der Waals surface area contributed by atoms with E-state index >= 15 is 0 Å². The Kier molecular flexibility index (Phi) is 5.11. The van der Waals surface area contributed by atoms with E-state index in [1.54, 1.807) is 0 Å². The van der Waals surface area contributed by atoms with Crippen LogP contribution in [0.1, 0.15) is 58.3 Å². The first-order valence-corrected chi connectivity index (χ1v) is 7.19. The average Bonchev–Trinajstić information content (AvgIpc) is 2.80. The van der Waals surface area contributed by atoms with Crippen LogP contribution in [0, 0.1) is 5.92 Å². The van der Waals surface area contributed by atoms with E-state index in [2.05, 4.69) is 12.2 Å². The predicted octanol–water partition coefficient (Wildman–Crippen LogP) is 3.11. The highest BCUT2D eigenvalue weighted by Gasteiger charge is 2.18. The van der Waals surface area contributed by atoms with Crippen LogP contribution in [0.2, 0.25) is 0 Å². The van der Waals surface area contributed by atoms with Crippen molar-refractivity contribution in [1.82, 2.24) is 5.32 Å². The van der Waals surface area contributed by atoms with Gasteiger partial charge in [-0.25, -0.2) is 0 Å². The SMILES string of the molecule is CC1CCC(NCCOC2CCCC2)CC1. The van der Waals surface area contributed by atoms with Gasteiger partial charge in [0.1, 0.15) is 0 Å². The van der Waals surface area contributed by atoms with Gasteiger partial charge in [-0.1, -0.05) is 19.8 Å². The maximum Gasteiger partial charge on any atom is 0.0594 e. The molecule has 16 heavy (non-hydrogen) atoms. The number of hydrogen-bond acceptors (Lipinski definition) is 2. The molecule has 0 aromatic carbocycles. The summed E-state index contributed by atoms with van der Waals surface area (Å²) in [6.07, 6.45) is 11.4. The van der Waals surface area contributed by atoms with Gasteiger partial charge in [-0.2, -0.15) is 0 Å². The van der Waals surface area contributed by atoms with Gasteiger partial charge in [-0.05, 0) is 44.4 Å². The highest BCUT2D eigenvalue weighted by atomic mass is 16.5. The molecule has 2 fully saturated rings. The van der Waals surface area contributed by atoms with E-state index < -0.39 is 0 Å². The van der Waals surface area contributed by atoms with Gasteiger partial charge in [0.05, 0.1) is 12.7 Å². The number of ether oxygens (including phenoxy) is 1.